The summed E-state index contributed by atoms with van der Waals surface area (Å²) in [4.78, 5) is 33.3. The van der Waals surface area contributed by atoms with E-state index in [1.165, 1.54) is 0 Å². The Balaban J connectivity index is 0.000000161. The first-order valence-corrected chi connectivity index (χ1v) is 20.7. The Morgan fingerprint density at radius 1 is 0.619 bits per heavy atom. The number of imidazole rings is 3. The lowest BCUT2D eigenvalue weighted by Gasteiger charge is -2.03. The summed E-state index contributed by atoms with van der Waals surface area (Å²) in [5, 5.41) is 0. The molecule has 0 spiro atoms. The molecule has 0 amide bonds. The molecular formula is C30H32BrN9Si2. The van der Waals surface area contributed by atoms with E-state index in [9.17, 15) is 0 Å². The molecule has 0 aromatic carbocycles. The van der Waals surface area contributed by atoms with Crippen molar-refractivity contribution in [3.8, 4) is 35.8 Å². The predicted octanol–water partition coefficient (Wildman–Crippen LogP) is 6.34. The van der Waals surface area contributed by atoms with Crippen LogP contribution in [-0.4, -0.2) is 61.0 Å². The zero-order chi connectivity index (χ0) is 30.8. The molecule has 0 atom stereocenters. The van der Waals surface area contributed by atoms with Gasteiger partial charge in [-0.3, -0.25) is 15.0 Å². The summed E-state index contributed by atoms with van der Waals surface area (Å²) in [6.07, 6.45) is 25.6. The summed E-state index contributed by atoms with van der Waals surface area (Å²) in [5.41, 5.74) is 13.1. The van der Waals surface area contributed by atoms with Gasteiger partial charge in [-0.1, -0.05) is 51.1 Å². The molecule has 0 unspecified atom stereocenters. The first kappa shape index (κ1) is 32.0. The van der Waals surface area contributed by atoms with E-state index < -0.39 is 16.1 Å². The molecule has 0 aliphatic heterocycles. The highest BCUT2D eigenvalue weighted by Gasteiger charge is 2.08. The Morgan fingerprint density at radius 2 is 1.05 bits per heavy atom. The van der Waals surface area contributed by atoms with Crippen molar-refractivity contribution in [3.05, 3.63) is 71.8 Å². The first-order chi connectivity index (χ1) is 19.9. The van der Waals surface area contributed by atoms with Gasteiger partial charge in [-0.2, -0.15) is 0 Å². The second kappa shape index (κ2) is 14.4. The third-order valence-corrected chi connectivity index (χ3v) is 7.43. The third-order valence-electron chi connectivity index (χ3n) is 5.11. The van der Waals surface area contributed by atoms with E-state index in [4.69, 9.17) is 12.8 Å². The number of nitrogens with zero attached hydrogens (tertiary/aromatic N) is 6. The summed E-state index contributed by atoms with van der Waals surface area (Å²) < 4.78 is 0.922. The van der Waals surface area contributed by atoms with Crippen LogP contribution >= 0.6 is 15.9 Å². The van der Waals surface area contributed by atoms with Gasteiger partial charge in [-0.15, -0.1) is 23.9 Å². The van der Waals surface area contributed by atoms with Crippen LogP contribution in [0.5, 0.6) is 0 Å². The lowest BCUT2D eigenvalue weighted by atomic mass is 10.2. The van der Waals surface area contributed by atoms with E-state index >= 15 is 0 Å². The summed E-state index contributed by atoms with van der Waals surface area (Å²) in [6.45, 7) is 13.1. The molecule has 6 aromatic heterocycles. The summed E-state index contributed by atoms with van der Waals surface area (Å²) in [5.74, 6) is 5.69. The molecule has 0 aliphatic rings. The molecule has 0 aliphatic carbocycles. The predicted molar refractivity (Wildman–Crippen MR) is 180 cm³/mol. The highest BCUT2D eigenvalue weighted by molar-refractivity contribution is 9.10. The van der Waals surface area contributed by atoms with Gasteiger partial charge in [-0.05, 0) is 15.9 Å². The highest BCUT2D eigenvalue weighted by Crippen LogP contribution is 2.17. The molecule has 6 rings (SSSR count). The molecule has 42 heavy (non-hydrogen) atoms. The first-order valence-electron chi connectivity index (χ1n) is 12.9. The van der Waals surface area contributed by atoms with E-state index in [0.717, 1.165) is 48.7 Å². The Labute approximate surface area is 256 Å². The molecule has 6 heterocycles. The number of hydrogen-bond donors (Lipinski definition) is 3. The summed E-state index contributed by atoms with van der Waals surface area (Å²) in [6, 6.07) is 0. The Kier molecular flexibility index (Phi) is 10.9. The van der Waals surface area contributed by atoms with Gasteiger partial charge in [0, 0.05) is 18.6 Å². The fourth-order valence-corrected chi connectivity index (χ4v) is 3.96. The van der Waals surface area contributed by atoms with Gasteiger partial charge >= 0.3 is 0 Å². The minimum absolute atomic E-state index is 0.726. The van der Waals surface area contributed by atoms with E-state index in [1.54, 1.807) is 56.2 Å². The average molecular weight is 655 g/mol. The van der Waals surface area contributed by atoms with Gasteiger partial charge in [0.2, 0.25) is 0 Å². The zero-order valence-corrected chi connectivity index (χ0v) is 28.0. The minimum atomic E-state index is -1.33. The van der Waals surface area contributed by atoms with Gasteiger partial charge in [0.15, 0.2) is 0 Å². The molecular weight excluding hydrogens is 622 g/mol. The van der Waals surface area contributed by atoms with Crippen molar-refractivity contribution in [1.82, 2.24) is 44.9 Å². The van der Waals surface area contributed by atoms with Crippen LogP contribution in [0.2, 0.25) is 39.3 Å². The molecule has 212 valence electrons. The number of fused-ring (bicyclic) bond motifs is 3. The summed E-state index contributed by atoms with van der Waals surface area (Å²) >= 11 is 3.33. The number of aromatic nitrogens is 9. The van der Waals surface area contributed by atoms with Crippen molar-refractivity contribution in [2.24, 2.45) is 0 Å². The second-order valence-electron chi connectivity index (χ2n) is 10.9. The molecule has 6 aromatic rings. The molecule has 12 heteroatoms. The maximum Gasteiger partial charge on any atom is 0.129 e. The molecule has 0 saturated heterocycles. The average Bonchev–Trinajstić information content (AvgIpc) is 3.73. The standard InChI is InChI=1S/C11H13N3Si.C8H5N3.C6H4BrN3.C5H10Si/c1-15(2,3)5-4-9-6-12-7-10-11(9)14-8-13-10;1-2-6-3-9-4-7-8(6)11-5-10-7;7-4-1-8-2-5-6(4)10-3-9-5;1-5-6(2,3)4/h6-8H,1-3H3,(H,13,14);1,3-5H,(H,10,11);1-3H,(H,9,10);1H,2-4H3. The van der Waals surface area contributed by atoms with Gasteiger partial charge in [0.05, 0.1) is 69.7 Å². The fourth-order valence-electron chi connectivity index (χ4n) is 3.01. The molecule has 0 radical (unpaired) electrons. The molecule has 0 saturated carbocycles. The maximum atomic E-state index is 5.23. The highest BCUT2D eigenvalue weighted by atomic mass is 79.9. The van der Waals surface area contributed by atoms with Crippen LogP contribution in [0.4, 0.5) is 0 Å². The van der Waals surface area contributed by atoms with Crippen LogP contribution in [-0.2, 0) is 0 Å². The van der Waals surface area contributed by atoms with Crippen molar-refractivity contribution >= 4 is 65.2 Å². The number of rotatable bonds is 0. The summed E-state index contributed by atoms with van der Waals surface area (Å²) in [7, 11) is -2.44. The van der Waals surface area contributed by atoms with Crippen LogP contribution < -0.4 is 0 Å². The number of halogens is 1. The molecule has 0 bridgehead atoms. The Morgan fingerprint density at radius 3 is 1.50 bits per heavy atom. The van der Waals surface area contributed by atoms with Gasteiger partial charge < -0.3 is 15.0 Å². The topological polar surface area (TPSA) is 125 Å². The van der Waals surface area contributed by atoms with Crippen LogP contribution in [0, 0.1) is 35.8 Å². The third kappa shape index (κ3) is 9.53. The van der Waals surface area contributed by atoms with Crippen molar-refractivity contribution in [1.29, 1.82) is 0 Å². The Bertz CT molecular complexity index is 1920. The SMILES string of the molecule is Brc1cncc2[nH]cnc12.C#C[Si](C)(C)C.C#Cc1cncc2[nH]cnc12.C[Si](C)(C)C#Cc1cncc2[nH]cnc12. The quantitative estimate of drug-likeness (QED) is 0.130. The molecule has 3 N–H and O–H groups in total. The van der Waals surface area contributed by atoms with Gasteiger partial charge in [-0.25, -0.2) is 15.0 Å². The smallest absolute Gasteiger partial charge is 0.129 e. The van der Waals surface area contributed by atoms with Crippen LogP contribution in [0.15, 0.2) is 60.6 Å². The second-order valence-corrected chi connectivity index (χ2v) is 21.3. The zero-order valence-electron chi connectivity index (χ0n) is 24.4. The number of H-pyrrole nitrogens is 3. The van der Waals surface area contributed by atoms with Gasteiger partial charge in [0.1, 0.15) is 32.7 Å². The van der Waals surface area contributed by atoms with E-state index in [1.807, 2.05) is 0 Å². The van der Waals surface area contributed by atoms with E-state index in [2.05, 4.69) is 123 Å². The van der Waals surface area contributed by atoms with E-state index in [0.29, 0.717) is 0 Å². The normalized spacial score (nSPS) is 10.5. The van der Waals surface area contributed by atoms with Crippen molar-refractivity contribution in [2.45, 2.75) is 39.3 Å². The Hall–Kier alpha value is -4.55. The van der Waals surface area contributed by atoms with Crippen LogP contribution in [0.3, 0.4) is 0 Å². The molecule has 9 nitrogen and oxygen atoms in total. The van der Waals surface area contributed by atoms with Crippen molar-refractivity contribution in [3.63, 3.8) is 0 Å². The largest absolute Gasteiger partial charge is 0.343 e. The number of aromatic amines is 3. The number of nitrogens with one attached hydrogen (secondary N) is 3. The van der Waals surface area contributed by atoms with Crippen molar-refractivity contribution in [2.75, 3.05) is 0 Å². The van der Waals surface area contributed by atoms with Gasteiger partial charge in [0.25, 0.3) is 0 Å². The van der Waals surface area contributed by atoms with Crippen molar-refractivity contribution < 1.29 is 0 Å². The number of hydrogen-bond acceptors (Lipinski definition) is 6. The minimum Gasteiger partial charge on any atom is -0.343 e. The van der Waals surface area contributed by atoms with Crippen LogP contribution in [0.1, 0.15) is 11.1 Å². The lowest BCUT2D eigenvalue weighted by Crippen LogP contribution is -2.16. The maximum absolute atomic E-state index is 5.23. The number of terminal acetylenes is 2. The lowest BCUT2D eigenvalue weighted by molar-refractivity contribution is 1.32. The number of pyridine rings is 3. The monoisotopic (exact) mass is 653 g/mol. The molecule has 0 fully saturated rings. The van der Waals surface area contributed by atoms with Crippen LogP contribution in [0.25, 0.3) is 33.1 Å². The van der Waals surface area contributed by atoms with E-state index in [-0.39, 0.29) is 0 Å². The fraction of sp³-hybridized carbons (Fsp3) is 0.200.